The Morgan fingerprint density at radius 3 is 3.28 bits per heavy atom. The van der Waals surface area contributed by atoms with Crippen molar-refractivity contribution in [3.05, 3.63) is 29.6 Å². The summed E-state index contributed by atoms with van der Waals surface area (Å²) in [6.45, 7) is 0.838. The summed E-state index contributed by atoms with van der Waals surface area (Å²) in [7, 11) is 0. The highest BCUT2D eigenvalue weighted by Gasteiger charge is 2.33. The first-order valence-electron chi connectivity index (χ1n) is 6.75. The van der Waals surface area contributed by atoms with Crippen molar-refractivity contribution in [1.29, 1.82) is 0 Å². The maximum atomic E-state index is 6.46. The Morgan fingerprint density at radius 2 is 2.44 bits per heavy atom. The second-order valence-corrected chi connectivity index (χ2v) is 6.26. The van der Waals surface area contributed by atoms with Crippen LogP contribution in [0.2, 0.25) is 0 Å². The van der Waals surface area contributed by atoms with E-state index in [0.29, 0.717) is 5.92 Å². The maximum Gasteiger partial charge on any atom is 0.0823 e. The van der Waals surface area contributed by atoms with Crippen LogP contribution in [-0.4, -0.2) is 35.2 Å². The van der Waals surface area contributed by atoms with E-state index in [4.69, 9.17) is 10.5 Å². The second kappa shape index (κ2) is 5.59. The normalized spacial score (nSPS) is 29.6. The molecule has 0 aromatic carbocycles. The molecule has 2 N–H and O–H groups in total. The monoisotopic (exact) mass is 264 g/mol. The molecule has 1 fully saturated rings. The topological polar surface area (TPSA) is 48.1 Å². The van der Waals surface area contributed by atoms with E-state index in [-0.39, 0.29) is 12.1 Å². The van der Waals surface area contributed by atoms with Gasteiger partial charge in [-0.1, -0.05) is 6.07 Å². The van der Waals surface area contributed by atoms with Gasteiger partial charge in [0.15, 0.2) is 0 Å². The van der Waals surface area contributed by atoms with Crippen molar-refractivity contribution in [3.63, 3.8) is 0 Å². The first-order valence-corrected chi connectivity index (χ1v) is 7.90. The van der Waals surface area contributed by atoms with Gasteiger partial charge in [-0.15, -0.1) is 0 Å². The van der Waals surface area contributed by atoms with Gasteiger partial charge in [0.1, 0.15) is 0 Å². The number of pyridine rings is 1. The Kier molecular flexibility index (Phi) is 3.87. The highest BCUT2D eigenvalue weighted by molar-refractivity contribution is 7.99. The number of nitrogens with two attached hydrogens (primary N) is 1. The first kappa shape index (κ1) is 12.5. The lowest BCUT2D eigenvalue weighted by molar-refractivity contribution is 0.0482. The highest BCUT2D eigenvalue weighted by atomic mass is 32.2. The van der Waals surface area contributed by atoms with Gasteiger partial charge in [0, 0.05) is 35.4 Å². The van der Waals surface area contributed by atoms with Gasteiger partial charge in [0.05, 0.1) is 12.7 Å². The van der Waals surface area contributed by atoms with Crippen LogP contribution in [0.3, 0.4) is 0 Å². The summed E-state index contributed by atoms with van der Waals surface area (Å²) < 4.78 is 5.83. The number of ether oxygens (including phenoxy) is 1. The average molecular weight is 264 g/mol. The molecule has 3 unspecified atom stereocenters. The minimum absolute atomic E-state index is 0.0896. The van der Waals surface area contributed by atoms with E-state index in [9.17, 15) is 0 Å². The summed E-state index contributed by atoms with van der Waals surface area (Å²) in [6, 6.07) is 4.31. The van der Waals surface area contributed by atoms with E-state index < -0.39 is 0 Å². The number of nitrogens with zero attached hydrogens (tertiary/aromatic N) is 1. The molecule has 1 aliphatic heterocycles. The van der Waals surface area contributed by atoms with Gasteiger partial charge in [-0.2, -0.15) is 11.8 Å². The smallest absolute Gasteiger partial charge is 0.0823 e. The fourth-order valence-corrected chi connectivity index (χ4v) is 3.94. The predicted octanol–water partition coefficient (Wildman–Crippen LogP) is 1.96. The van der Waals surface area contributed by atoms with Crippen LogP contribution in [0.15, 0.2) is 18.3 Å². The minimum Gasteiger partial charge on any atom is -0.375 e. The Balaban J connectivity index is 1.80. The van der Waals surface area contributed by atoms with Gasteiger partial charge in [0.2, 0.25) is 0 Å². The van der Waals surface area contributed by atoms with Gasteiger partial charge in [-0.3, -0.25) is 4.98 Å². The van der Waals surface area contributed by atoms with Crippen LogP contribution in [0, 0.1) is 0 Å². The molecule has 0 spiro atoms. The summed E-state index contributed by atoms with van der Waals surface area (Å²) in [5, 5.41) is 0. The molecule has 98 valence electrons. The van der Waals surface area contributed by atoms with Gasteiger partial charge >= 0.3 is 0 Å². The number of rotatable bonds is 2. The number of hydrogen-bond acceptors (Lipinski definition) is 4. The first-order chi connectivity index (χ1) is 8.86. The van der Waals surface area contributed by atoms with E-state index in [1.165, 1.54) is 17.7 Å². The van der Waals surface area contributed by atoms with E-state index in [2.05, 4.69) is 11.1 Å². The third kappa shape index (κ3) is 2.42. The third-order valence-corrected chi connectivity index (χ3v) is 4.99. The molecule has 4 heteroatoms. The van der Waals surface area contributed by atoms with Crippen LogP contribution >= 0.6 is 11.8 Å². The van der Waals surface area contributed by atoms with Crippen LogP contribution in [0.1, 0.15) is 30.0 Å². The molecule has 3 rings (SSSR count). The standard InChI is InChI=1S/C14H20N2OS/c15-13(12-9-18-8-7-17-12)11-5-1-3-10-4-2-6-16-14(10)11/h2,4,6,11-13H,1,3,5,7-9,15H2. The predicted molar refractivity (Wildman–Crippen MR) is 75.0 cm³/mol. The number of thioether (sulfide) groups is 1. The third-order valence-electron chi connectivity index (χ3n) is 3.97. The van der Waals surface area contributed by atoms with E-state index in [1.54, 1.807) is 0 Å². The molecule has 0 radical (unpaired) electrons. The van der Waals surface area contributed by atoms with E-state index >= 15 is 0 Å². The van der Waals surface area contributed by atoms with Crippen molar-refractivity contribution >= 4 is 11.8 Å². The lowest BCUT2D eigenvalue weighted by Gasteiger charge is -2.35. The molecular formula is C14H20N2OS. The molecular weight excluding hydrogens is 244 g/mol. The summed E-state index contributed by atoms with van der Waals surface area (Å²) in [5.41, 5.74) is 9.06. The summed E-state index contributed by atoms with van der Waals surface area (Å²) in [6.07, 6.45) is 5.60. The van der Waals surface area contributed by atoms with Gasteiger partial charge in [0.25, 0.3) is 0 Å². The Morgan fingerprint density at radius 1 is 1.50 bits per heavy atom. The van der Waals surface area contributed by atoms with Gasteiger partial charge in [-0.05, 0) is 30.9 Å². The largest absolute Gasteiger partial charge is 0.375 e. The Labute approximate surface area is 113 Å². The van der Waals surface area contributed by atoms with E-state index in [0.717, 1.165) is 31.0 Å². The van der Waals surface area contributed by atoms with Crippen molar-refractivity contribution in [1.82, 2.24) is 4.98 Å². The van der Waals surface area contributed by atoms with Crippen molar-refractivity contribution in [2.24, 2.45) is 5.73 Å². The lowest BCUT2D eigenvalue weighted by Crippen LogP contribution is -2.46. The molecule has 0 amide bonds. The molecule has 0 saturated carbocycles. The number of fused-ring (bicyclic) bond motifs is 1. The maximum absolute atomic E-state index is 6.46. The molecule has 1 aromatic rings. The van der Waals surface area contributed by atoms with Crippen LogP contribution < -0.4 is 5.73 Å². The number of aromatic nitrogens is 1. The highest BCUT2D eigenvalue weighted by Crippen LogP contribution is 2.34. The summed E-state index contributed by atoms with van der Waals surface area (Å²) in [4.78, 5) is 4.57. The summed E-state index contributed by atoms with van der Waals surface area (Å²) >= 11 is 1.95. The van der Waals surface area contributed by atoms with Crippen molar-refractivity contribution in [2.45, 2.75) is 37.3 Å². The fraction of sp³-hybridized carbons (Fsp3) is 0.643. The second-order valence-electron chi connectivity index (χ2n) is 5.11. The SMILES string of the molecule is NC(C1CSCCO1)C1CCCc2cccnc21. The van der Waals surface area contributed by atoms with Crippen molar-refractivity contribution in [2.75, 3.05) is 18.1 Å². The molecule has 2 aliphatic rings. The Bertz CT molecular complexity index is 407. The molecule has 3 nitrogen and oxygen atoms in total. The van der Waals surface area contributed by atoms with Crippen LogP contribution in [0.25, 0.3) is 0 Å². The molecule has 18 heavy (non-hydrogen) atoms. The number of hydrogen-bond donors (Lipinski definition) is 1. The molecule has 1 saturated heterocycles. The van der Waals surface area contributed by atoms with Crippen molar-refractivity contribution in [3.8, 4) is 0 Å². The quantitative estimate of drug-likeness (QED) is 0.887. The van der Waals surface area contributed by atoms with Gasteiger partial charge < -0.3 is 10.5 Å². The van der Waals surface area contributed by atoms with E-state index in [1.807, 2.05) is 24.0 Å². The van der Waals surface area contributed by atoms with Crippen molar-refractivity contribution < 1.29 is 4.74 Å². The Hall–Kier alpha value is -0.580. The lowest BCUT2D eigenvalue weighted by atomic mass is 9.80. The van der Waals surface area contributed by atoms with Crippen LogP contribution in [-0.2, 0) is 11.2 Å². The molecule has 0 bridgehead atoms. The van der Waals surface area contributed by atoms with Crippen LogP contribution in [0.5, 0.6) is 0 Å². The fourth-order valence-electron chi connectivity index (χ4n) is 3.01. The zero-order valence-corrected chi connectivity index (χ0v) is 11.4. The molecule has 1 aromatic heterocycles. The van der Waals surface area contributed by atoms with Crippen LogP contribution in [0.4, 0.5) is 0 Å². The minimum atomic E-state index is 0.0896. The molecule has 2 heterocycles. The molecule has 1 aliphatic carbocycles. The summed E-state index contributed by atoms with van der Waals surface area (Å²) in [5.74, 6) is 2.50. The zero-order valence-electron chi connectivity index (χ0n) is 10.5. The average Bonchev–Trinajstić information content (AvgIpc) is 2.47. The number of aryl methyl sites for hydroxylation is 1. The zero-order chi connectivity index (χ0) is 12.4. The molecule has 3 atom stereocenters. The van der Waals surface area contributed by atoms with Gasteiger partial charge in [-0.25, -0.2) is 0 Å².